The van der Waals surface area contributed by atoms with E-state index in [1.807, 2.05) is 30.3 Å². The number of sulfone groups is 1. The summed E-state index contributed by atoms with van der Waals surface area (Å²) in [6, 6.07) is 24.3. The van der Waals surface area contributed by atoms with Gasteiger partial charge in [0.25, 0.3) is 0 Å². The molecule has 7 heteroatoms. The Hall–Kier alpha value is -2.41. The first-order valence-corrected chi connectivity index (χ1v) is 10.5. The maximum atomic E-state index is 13.3. The molecule has 0 spiro atoms. The Bertz CT molecular complexity index is 1030. The van der Waals surface area contributed by atoms with Crippen molar-refractivity contribution in [2.75, 3.05) is 5.32 Å². The van der Waals surface area contributed by atoms with Gasteiger partial charge in [-0.15, -0.1) is 0 Å². The van der Waals surface area contributed by atoms with Gasteiger partial charge in [0.05, 0.1) is 4.90 Å². The zero-order valence-corrected chi connectivity index (χ0v) is 16.6. The molecule has 0 bridgehead atoms. The van der Waals surface area contributed by atoms with Gasteiger partial charge in [-0.2, -0.15) is 0 Å². The molecule has 3 aromatic rings. The Kier molecular flexibility index (Phi) is 6.11. The van der Waals surface area contributed by atoms with Crippen LogP contribution in [0.15, 0.2) is 89.8 Å². The molecule has 4 nitrogen and oxygen atoms in total. The number of benzene rings is 3. The van der Waals surface area contributed by atoms with Gasteiger partial charge in [-0.1, -0.05) is 66.2 Å². The van der Waals surface area contributed by atoms with Gasteiger partial charge in [-0.05, 0) is 42.5 Å². The second kappa shape index (κ2) is 8.52. The topological polar surface area (TPSA) is 58.2 Å². The fourth-order valence-electron chi connectivity index (χ4n) is 2.56. The van der Waals surface area contributed by atoms with E-state index in [0.717, 1.165) is 5.69 Å². The minimum absolute atomic E-state index is 0.185. The SMILES string of the molecule is O=S(=O)(c1ccccc1)C(NC(=S)Nc1ccccc1)c1ccccc1Cl. The highest BCUT2D eigenvalue weighted by Gasteiger charge is 2.31. The van der Waals surface area contributed by atoms with E-state index in [2.05, 4.69) is 10.6 Å². The summed E-state index contributed by atoms with van der Waals surface area (Å²) >= 11 is 11.6. The molecule has 0 saturated heterocycles. The maximum Gasteiger partial charge on any atom is 0.203 e. The minimum Gasteiger partial charge on any atom is -0.342 e. The van der Waals surface area contributed by atoms with Crippen LogP contribution in [0.3, 0.4) is 0 Å². The van der Waals surface area contributed by atoms with E-state index in [0.29, 0.717) is 10.6 Å². The zero-order valence-electron chi connectivity index (χ0n) is 14.2. The fraction of sp³-hybridized carbons (Fsp3) is 0.0500. The van der Waals surface area contributed by atoms with Crippen LogP contribution in [0, 0.1) is 0 Å². The quantitative estimate of drug-likeness (QED) is 0.585. The molecule has 0 saturated carbocycles. The monoisotopic (exact) mass is 416 g/mol. The minimum atomic E-state index is -3.79. The first-order valence-electron chi connectivity index (χ1n) is 8.14. The average molecular weight is 417 g/mol. The molecule has 3 rings (SSSR count). The summed E-state index contributed by atoms with van der Waals surface area (Å²) < 4.78 is 26.5. The van der Waals surface area contributed by atoms with Crippen LogP contribution >= 0.6 is 23.8 Å². The number of hydrogen-bond donors (Lipinski definition) is 2. The molecule has 1 unspecified atom stereocenters. The molecule has 0 aliphatic carbocycles. The second-order valence-electron chi connectivity index (χ2n) is 5.72. The summed E-state index contributed by atoms with van der Waals surface area (Å²) in [4.78, 5) is 0.185. The zero-order chi connectivity index (χ0) is 19.3. The number of nitrogens with one attached hydrogen (secondary N) is 2. The molecule has 0 radical (unpaired) electrons. The van der Waals surface area contributed by atoms with Crippen LogP contribution < -0.4 is 10.6 Å². The van der Waals surface area contributed by atoms with Crippen molar-refractivity contribution >= 4 is 44.5 Å². The molecular weight excluding hydrogens is 400 g/mol. The van der Waals surface area contributed by atoms with Gasteiger partial charge in [0, 0.05) is 16.3 Å². The standard InChI is InChI=1S/C20H17ClN2O2S2/c21-18-14-8-7-13-17(18)19(27(24,25)16-11-5-2-6-12-16)23-20(26)22-15-9-3-1-4-10-15/h1-14,19H,(H2,22,23,26). The van der Waals surface area contributed by atoms with E-state index < -0.39 is 15.2 Å². The normalized spacial score (nSPS) is 12.2. The van der Waals surface area contributed by atoms with Crippen LogP contribution in [0.2, 0.25) is 5.02 Å². The highest BCUT2D eigenvalue weighted by atomic mass is 35.5. The number of para-hydroxylation sites is 1. The van der Waals surface area contributed by atoms with Crippen molar-refractivity contribution in [1.82, 2.24) is 5.32 Å². The number of hydrogen-bond acceptors (Lipinski definition) is 3. The van der Waals surface area contributed by atoms with Gasteiger partial charge in [-0.25, -0.2) is 8.42 Å². The van der Waals surface area contributed by atoms with Crippen LogP contribution in [0.4, 0.5) is 5.69 Å². The lowest BCUT2D eigenvalue weighted by atomic mass is 10.2. The number of halogens is 1. The van der Waals surface area contributed by atoms with E-state index in [9.17, 15) is 8.42 Å². The number of rotatable bonds is 5. The van der Waals surface area contributed by atoms with Crippen LogP contribution in [0.5, 0.6) is 0 Å². The van der Waals surface area contributed by atoms with Gasteiger partial charge in [-0.3, -0.25) is 0 Å². The highest BCUT2D eigenvalue weighted by molar-refractivity contribution is 7.91. The second-order valence-corrected chi connectivity index (χ2v) is 8.57. The van der Waals surface area contributed by atoms with E-state index in [1.54, 1.807) is 54.6 Å². The van der Waals surface area contributed by atoms with Crippen molar-refractivity contribution in [3.8, 4) is 0 Å². The smallest absolute Gasteiger partial charge is 0.203 e. The summed E-state index contributed by atoms with van der Waals surface area (Å²) in [7, 11) is -3.79. The Morgan fingerprint density at radius 1 is 0.852 bits per heavy atom. The summed E-state index contributed by atoms with van der Waals surface area (Å²) in [6.07, 6.45) is 0. The molecule has 0 amide bonds. The molecule has 1 atom stereocenters. The van der Waals surface area contributed by atoms with Crippen LogP contribution in [-0.4, -0.2) is 13.5 Å². The lowest BCUT2D eigenvalue weighted by Gasteiger charge is -2.22. The van der Waals surface area contributed by atoms with Crippen molar-refractivity contribution < 1.29 is 8.42 Å². The first-order chi connectivity index (χ1) is 13.0. The summed E-state index contributed by atoms with van der Waals surface area (Å²) in [5.41, 5.74) is 1.19. The van der Waals surface area contributed by atoms with Gasteiger partial charge in [0.1, 0.15) is 0 Å². The lowest BCUT2D eigenvalue weighted by molar-refractivity contribution is 0.577. The van der Waals surface area contributed by atoms with E-state index in [1.165, 1.54) is 0 Å². The Morgan fingerprint density at radius 3 is 2.04 bits per heavy atom. The van der Waals surface area contributed by atoms with Gasteiger partial charge < -0.3 is 10.6 Å². The van der Waals surface area contributed by atoms with Crippen LogP contribution in [0.1, 0.15) is 10.9 Å². The van der Waals surface area contributed by atoms with Crippen molar-refractivity contribution in [2.45, 2.75) is 10.3 Å². The summed E-state index contributed by atoms with van der Waals surface area (Å²) in [5, 5.41) is 5.31. The highest BCUT2D eigenvalue weighted by Crippen LogP contribution is 2.31. The van der Waals surface area contributed by atoms with Crippen molar-refractivity contribution in [3.05, 3.63) is 95.5 Å². The van der Waals surface area contributed by atoms with Gasteiger partial charge in [0.15, 0.2) is 10.5 Å². The molecule has 0 fully saturated rings. The molecule has 0 aliphatic rings. The molecule has 0 heterocycles. The molecule has 0 aliphatic heterocycles. The third kappa shape index (κ3) is 4.66. The third-order valence-electron chi connectivity index (χ3n) is 3.86. The lowest BCUT2D eigenvalue weighted by Crippen LogP contribution is -2.36. The number of anilines is 1. The molecule has 2 N–H and O–H groups in total. The first kappa shape index (κ1) is 19.4. The third-order valence-corrected chi connectivity index (χ3v) is 6.35. The molecular formula is C20H17ClN2O2S2. The summed E-state index contributed by atoms with van der Waals surface area (Å²) in [6.45, 7) is 0. The Labute approximate surface area is 169 Å². The van der Waals surface area contributed by atoms with E-state index >= 15 is 0 Å². The van der Waals surface area contributed by atoms with Crippen molar-refractivity contribution in [1.29, 1.82) is 0 Å². The molecule has 27 heavy (non-hydrogen) atoms. The Morgan fingerprint density at radius 2 is 1.41 bits per heavy atom. The van der Waals surface area contributed by atoms with Gasteiger partial charge in [0.2, 0.25) is 9.84 Å². The number of thiocarbonyl (C=S) groups is 1. The van der Waals surface area contributed by atoms with E-state index in [-0.39, 0.29) is 10.0 Å². The Balaban J connectivity index is 1.96. The predicted molar refractivity (Wildman–Crippen MR) is 114 cm³/mol. The largest absolute Gasteiger partial charge is 0.342 e. The summed E-state index contributed by atoms with van der Waals surface area (Å²) in [5.74, 6) is 0. The fourth-order valence-corrected chi connectivity index (χ4v) is 4.81. The average Bonchev–Trinajstić information content (AvgIpc) is 2.68. The van der Waals surface area contributed by atoms with Crippen molar-refractivity contribution in [2.24, 2.45) is 0 Å². The van der Waals surface area contributed by atoms with E-state index in [4.69, 9.17) is 23.8 Å². The van der Waals surface area contributed by atoms with Gasteiger partial charge >= 0.3 is 0 Å². The maximum absolute atomic E-state index is 13.3. The van der Waals surface area contributed by atoms with Crippen molar-refractivity contribution in [3.63, 3.8) is 0 Å². The molecule has 0 aromatic heterocycles. The molecule has 138 valence electrons. The predicted octanol–water partition coefficient (Wildman–Crippen LogP) is 4.80. The van der Waals surface area contributed by atoms with Crippen LogP contribution in [0.25, 0.3) is 0 Å². The van der Waals surface area contributed by atoms with Crippen LogP contribution in [-0.2, 0) is 9.84 Å². The molecule has 3 aromatic carbocycles.